The molecule has 0 aliphatic heterocycles. The normalized spacial score (nSPS) is 11.4. The molecule has 0 spiro atoms. The van der Waals surface area contributed by atoms with Crippen molar-refractivity contribution >= 4 is 17.4 Å². The van der Waals surface area contributed by atoms with E-state index in [1.165, 1.54) is 10.7 Å². The van der Waals surface area contributed by atoms with E-state index >= 15 is 0 Å². The predicted octanol–water partition coefficient (Wildman–Crippen LogP) is 3.55. The molecule has 0 aliphatic carbocycles. The van der Waals surface area contributed by atoms with Crippen molar-refractivity contribution < 1.29 is 18.0 Å². The highest BCUT2D eigenvalue weighted by Gasteiger charge is 2.30. The third-order valence-corrected chi connectivity index (χ3v) is 4.56. The molecule has 1 amide bonds. The van der Waals surface area contributed by atoms with E-state index in [0.717, 1.165) is 18.1 Å². The molecule has 7 nitrogen and oxygen atoms in total. The number of carbonyl (C=O) groups excluding carboxylic acids is 1. The number of anilines is 2. The zero-order valence-electron chi connectivity index (χ0n) is 16.9. The lowest BCUT2D eigenvalue weighted by Gasteiger charge is -2.11. The summed E-state index contributed by atoms with van der Waals surface area (Å²) in [5.74, 6) is 0.768. The van der Waals surface area contributed by atoms with Crippen molar-refractivity contribution in [2.45, 2.75) is 26.4 Å². The first-order valence-electron chi connectivity index (χ1n) is 9.08. The highest BCUT2D eigenvalue weighted by atomic mass is 19.4. The van der Waals surface area contributed by atoms with Gasteiger partial charge in [0.05, 0.1) is 29.6 Å². The van der Waals surface area contributed by atoms with Crippen molar-refractivity contribution in [2.24, 2.45) is 0 Å². The number of aromatic nitrogens is 4. The zero-order valence-corrected chi connectivity index (χ0v) is 16.9. The summed E-state index contributed by atoms with van der Waals surface area (Å²) >= 11 is 0. The second-order valence-electron chi connectivity index (χ2n) is 6.99. The Kier molecular flexibility index (Phi) is 5.77. The summed E-state index contributed by atoms with van der Waals surface area (Å²) in [6.07, 6.45) is -2.05. The third kappa shape index (κ3) is 4.58. The van der Waals surface area contributed by atoms with E-state index in [-0.39, 0.29) is 18.1 Å². The lowest BCUT2D eigenvalue weighted by atomic mass is 10.1. The van der Waals surface area contributed by atoms with Crippen molar-refractivity contribution in [1.82, 2.24) is 19.7 Å². The lowest BCUT2D eigenvalue weighted by molar-refractivity contribution is -0.137. The highest BCUT2D eigenvalue weighted by Crippen LogP contribution is 2.29. The number of alkyl halides is 3. The van der Waals surface area contributed by atoms with Crippen LogP contribution in [-0.2, 0) is 17.4 Å². The average Bonchev–Trinajstić information content (AvgIpc) is 2.96. The second-order valence-corrected chi connectivity index (χ2v) is 6.99. The summed E-state index contributed by atoms with van der Waals surface area (Å²) in [6.45, 7) is 3.49. The molecule has 3 heterocycles. The maximum Gasteiger partial charge on any atom is 0.417 e. The van der Waals surface area contributed by atoms with Crippen molar-refractivity contribution in [3.63, 3.8) is 0 Å². The van der Waals surface area contributed by atoms with Crippen LogP contribution in [-0.4, -0.2) is 39.8 Å². The highest BCUT2D eigenvalue weighted by molar-refractivity contribution is 5.92. The molecule has 30 heavy (non-hydrogen) atoms. The maximum atomic E-state index is 12.7. The van der Waals surface area contributed by atoms with Gasteiger partial charge in [0.2, 0.25) is 5.91 Å². The molecule has 3 aromatic rings. The molecule has 0 saturated carbocycles. The van der Waals surface area contributed by atoms with E-state index in [1.54, 1.807) is 32.2 Å². The van der Waals surface area contributed by atoms with Gasteiger partial charge in [-0.2, -0.15) is 18.3 Å². The number of nitrogens with one attached hydrogen (secondary N) is 1. The van der Waals surface area contributed by atoms with Gasteiger partial charge in [-0.15, -0.1) is 0 Å². The van der Waals surface area contributed by atoms with Gasteiger partial charge in [0.1, 0.15) is 5.82 Å². The van der Waals surface area contributed by atoms with Crippen LogP contribution in [0.2, 0.25) is 0 Å². The average molecular weight is 418 g/mol. The van der Waals surface area contributed by atoms with Crippen molar-refractivity contribution in [2.75, 3.05) is 24.3 Å². The van der Waals surface area contributed by atoms with Crippen LogP contribution < -0.4 is 10.2 Å². The van der Waals surface area contributed by atoms with Crippen molar-refractivity contribution in [3.05, 3.63) is 59.2 Å². The van der Waals surface area contributed by atoms with Crippen LogP contribution >= 0.6 is 0 Å². The summed E-state index contributed by atoms with van der Waals surface area (Å²) < 4.78 is 39.7. The fraction of sp³-hybridized carbons (Fsp3) is 0.300. The van der Waals surface area contributed by atoms with Crippen molar-refractivity contribution in [1.29, 1.82) is 0 Å². The van der Waals surface area contributed by atoms with Gasteiger partial charge >= 0.3 is 6.18 Å². The Bertz CT molecular complexity index is 1040. The standard InChI is InChI=1S/C20H21F3N6O/c1-12-16(9-19(30)26-15-6-8-17(25-11-15)28(3)4)13(2)29(27-12)18-7-5-14(10-24-18)20(21,22)23/h5-8,10-11H,9H2,1-4H3,(H,26,30). The number of amides is 1. The molecule has 3 aromatic heterocycles. The van der Waals surface area contributed by atoms with Crippen LogP contribution in [0, 0.1) is 13.8 Å². The van der Waals surface area contributed by atoms with Gasteiger partial charge in [0.25, 0.3) is 0 Å². The Balaban J connectivity index is 1.76. The second kappa shape index (κ2) is 8.13. The molecule has 0 saturated heterocycles. The van der Waals surface area contributed by atoms with Gasteiger partial charge in [-0.3, -0.25) is 4.79 Å². The Morgan fingerprint density at radius 3 is 2.37 bits per heavy atom. The summed E-state index contributed by atoms with van der Waals surface area (Å²) in [6, 6.07) is 5.76. The predicted molar refractivity (Wildman–Crippen MR) is 107 cm³/mol. The molecule has 0 fully saturated rings. The van der Waals surface area contributed by atoms with Crippen LogP contribution in [0.4, 0.5) is 24.7 Å². The molecule has 0 unspecified atom stereocenters. The minimum absolute atomic E-state index is 0.0632. The Labute approximate surface area is 171 Å². The van der Waals surface area contributed by atoms with E-state index in [1.807, 2.05) is 19.0 Å². The van der Waals surface area contributed by atoms with E-state index in [9.17, 15) is 18.0 Å². The number of hydrogen-bond acceptors (Lipinski definition) is 5. The number of carbonyl (C=O) groups is 1. The minimum Gasteiger partial charge on any atom is -0.363 e. The van der Waals surface area contributed by atoms with Crippen LogP contribution in [0.1, 0.15) is 22.5 Å². The zero-order chi connectivity index (χ0) is 22.1. The van der Waals surface area contributed by atoms with Gasteiger partial charge in [-0.25, -0.2) is 14.6 Å². The van der Waals surface area contributed by atoms with E-state index < -0.39 is 11.7 Å². The lowest BCUT2D eigenvalue weighted by Crippen LogP contribution is -2.16. The molecule has 1 N–H and O–H groups in total. The van der Waals surface area contributed by atoms with E-state index in [2.05, 4.69) is 20.4 Å². The van der Waals surface area contributed by atoms with Crippen molar-refractivity contribution in [3.8, 4) is 5.82 Å². The summed E-state index contributed by atoms with van der Waals surface area (Å²) in [7, 11) is 3.74. The number of aryl methyl sites for hydroxylation is 1. The third-order valence-electron chi connectivity index (χ3n) is 4.56. The SMILES string of the molecule is Cc1nn(-c2ccc(C(F)(F)F)cn2)c(C)c1CC(=O)Nc1ccc(N(C)C)nc1. The van der Waals surface area contributed by atoms with Gasteiger partial charge in [-0.1, -0.05) is 0 Å². The largest absolute Gasteiger partial charge is 0.417 e. The first-order chi connectivity index (χ1) is 14.1. The molecular weight excluding hydrogens is 397 g/mol. The van der Waals surface area contributed by atoms with Gasteiger partial charge < -0.3 is 10.2 Å². The topological polar surface area (TPSA) is 75.9 Å². The van der Waals surface area contributed by atoms with Gasteiger partial charge in [0, 0.05) is 31.5 Å². The minimum atomic E-state index is -4.45. The van der Waals surface area contributed by atoms with E-state index in [0.29, 0.717) is 22.6 Å². The van der Waals surface area contributed by atoms with Crippen LogP contribution in [0.5, 0.6) is 0 Å². The number of rotatable bonds is 5. The fourth-order valence-corrected chi connectivity index (χ4v) is 2.92. The number of hydrogen-bond donors (Lipinski definition) is 1. The molecule has 0 aliphatic rings. The summed E-state index contributed by atoms with van der Waals surface area (Å²) in [4.78, 5) is 22.4. The molecule has 3 rings (SSSR count). The van der Waals surface area contributed by atoms with E-state index in [4.69, 9.17) is 0 Å². The number of halogens is 3. The Hall–Kier alpha value is -3.43. The first kappa shape index (κ1) is 21.3. The Morgan fingerprint density at radius 2 is 1.83 bits per heavy atom. The van der Waals surface area contributed by atoms with Crippen LogP contribution in [0.3, 0.4) is 0 Å². The molecule has 0 radical (unpaired) electrons. The van der Waals surface area contributed by atoms with Gasteiger partial charge in [0.15, 0.2) is 5.82 Å². The Morgan fingerprint density at radius 1 is 1.10 bits per heavy atom. The van der Waals surface area contributed by atoms with Crippen LogP contribution in [0.25, 0.3) is 5.82 Å². The summed E-state index contributed by atoms with van der Waals surface area (Å²) in [5, 5.41) is 7.12. The molecule has 0 aromatic carbocycles. The number of pyridine rings is 2. The first-order valence-corrected chi connectivity index (χ1v) is 9.08. The number of nitrogens with zero attached hydrogens (tertiary/aromatic N) is 5. The monoisotopic (exact) mass is 418 g/mol. The maximum absolute atomic E-state index is 12.7. The summed E-state index contributed by atoms with van der Waals surface area (Å²) in [5.41, 5.74) is 1.66. The smallest absolute Gasteiger partial charge is 0.363 e. The molecule has 0 bridgehead atoms. The van der Waals surface area contributed by atoms with Crippen LogP contribution in [0.15, 0.2) is 36.7 Å². The quantitative estimate of drug-likeness (QED) is 0.686. The molecule has 0 atom stereocenters. The molecule has 158 valence electrons. The fourth-order valence-electron chi connectivity index (χ4n) is 2.92. The molecule has 10 heteroatoms. The van der Waals surface area contributed by atoms with Gasteiger partial charge in [-0.05, 0) is 38.1 Å². The molecular formula is C20H21F3N6O.